The minimum Gasteiger partial charge on any atom is -0.456 e. The lowest BCUT2D eigenvalue weighted by Gasteiger charge is -2.11. The number of nitrogens with zero attached hydrogens (tertiary/aromatic N) is 3. The van der Waals surface area contributed by atoms with Crippen LogP contribution in [0.25, 0.3) is 101 Å². The molecule has 0 bridgehead atoms. The Hall–Kier alpha value is -7.43. The first-order valence-corrected chi connectivity index (χ1v) is 18.8. The molecule has 4 nitrogen and oxygen atoms in total. The SMILES string of the molecule is Cc1cccc(-c2cccc(-c3nc(-c4ccccc4)nc(-c4ccc5c(c4)oc4cc(-c6ccccc6)cc(-c6cccc(-c7ccccc7)c6)c45)n3)c2)c1. The van der Waals surface area contributed by atoms with E-state index in [4.69, 9.17) is 19.4 Å². The molecule has 2 heterocycles. The van der Waals surface area contributed by atoms with Gasteiger partial charge in [0, 0.05) is 27.5 Å². The second-order valence-corrected chi connectivity index (χ2v) is 14.1. The molecule has 0 aliphatic rings. The fourth-order valence-corrected chi connectivity index (χ4v) is 7.58. The molecule has 0 aliphatic carbocycles. The highest BCUT2D eigenvalue weighted by Gasteiger charge is 2.19. The third kappa shape index (κ3) is 6.33. The quantitative estimate of drug-likeness (QED) is 0.165. The molecule has 10 aromatic rings. The summed E-state index contributed by atoms with van der Waals surface area (Å²) in [4.78, 5) is 15.2. The molecule has 0 amide bonds. The standard InChI is InChI=1S/C52H35N3O/c1-34-14-11-21-38(28-34)40-23-13-25-42(30-40)51-53-50(37-19-9-4-10-20-37)54-52(55-51)43-26-27-45-47(32-43)56-48-33-44(36-17-7-3-8-18-36)31-46(49(45)48)41-24-12-22-39(29-41)35-15-5-2-6-16-35/h2-33H,1H3. The molecule has 56 heavy (non-hydrogen) atoms. The number of aryl methyl sites for hydroxylation is 1. The number of rotatable bonds is 7. The zero-order valence-corrected chi connectivity index (χ0v) is 30.7. The number of aromatic nitrogens is 3. The van der Waals surface area contributed by atoms with Crippen LogP contribution < -0.4 is 0 Å². The van der Waals surface area contributed by atoms with Crippen molar-refractivity contribution in [3.63, 3.8) is 0 Å². The third-order valence-corrected chi connectivity index (χ3v) is 10.4. The van der Waals surface area contributed by atoms with Gasteiger partial charge in [0.15, 0.2) is 17.5 Å². The van der Waals surface area contributed by atoms with Gasteiger partial charge in [-0.25, -0.2) is 15.0 Å². The molecular formula is C52H35N3O. The molecule has 10 rings (SSSR count). The van der Waals surface area contributed by atoms with Crippen LogP contribution in [-0.2, 0) is 0 Å². The van der Waals surface area contributed by atoms with Crippen LogP contribution >= 0.6 is 0 Å². The summed E-state index contributed by atoms with van der Waals surface area (Å²) in [5, 5.41) is 2.11. The monoisotopic (exact) mass is 717 g/mol. The molecule has 0 fully saturated rings. The Balaban J connectivity index is 1.14. The maximum absolute atomic E-state index is 6.79. The van der Waals surface area contributed by atoms with E-state index >= 15 is 0 Å². The van der Waals surface area contributed by atoms with Crippen LogP contribution in [0.3, 0.4) is 0 Å². The summed E-state index contributed by atoms with van der Waals surface area (Å²) in [7, 11) is 0. The Morgan fingerprint density at radius 2 is 0.786 bits per heavy atom. The fourth-order valence-electron chi connectivity index (χ4n) is 7.58. The zero-order valence-electron chi connectivity index (χ0n) is 30.7. The minimum absolute atomic E-state index is 0.581. The fraction of sp³-hybridized carbons (Fsp3) is 0.0192. The summed E-state index contributed by atoms with van der Waals surface area (Å²) in [5.41, 5.74) is 14.6. The lowest BCUT2D eigenvalue weighted by molar-refractivity contribution is 0.669. The maximum atomic E-state index is 6.79. The summed E-state index contributed by atoms with van der Waals surface area (Å²) >= 11 is 0. The van der Waals surface area contributed by atoms with Crippen molar-refractivity contribution in [1.82, 2.24) is 15.0 Å². The number of hydrogen-bond acceptors (Lipinski definition) is 4. The molecule has 2 aromatic heterocycles. The van der Waals surface area contributed by atoms with E-state index in [9.17, 15) is 0 Å². The molecule has 0 spiro atoms. The minimum atomic E-state index is 0.581. The summed E-state index contributed by atoms with van der Waals surface area (Å²) in [6.07, 6.45) is 0. The maximum Gasteiger partial charge on any atom is 0.164 e. The summed E-state index contributed by atoms with van der Waals surface area (Å²) in [6.45, 7) is 2.11. The highest BCUT2D eigenvalue weighted by atomic mass is 16.3. The normalized spacial score (nSPS) is 11.3. The zero-order chi connectivity index (χ0) is 37.4. The summed E-state index contributed by atoms with van der Waals surface area (Å²) < 4.78 is 6.79. The predicted molar refractivity (Wildman–Crippen MR) is 230 cm³/mol. The molecule has 0 unspecified atom stereocenters. The van der Waals surface area contributed by atoms with Crippen LogP contribution in [0.5, 0.6) is 0 Å². The van der Waals surface area contributed by atoms with E-state index in [0.29, 0.717) is 17.5 Å². The molecule has 0 radical (unpaired) electrons. The first-order chi connectivity index (χ1) is 27.6. The lowest BCUT2D eigenvalue weighted by atomic mass is 9.92. The highest BCUT2D eigenvalue weighted by Crippen LogP contribution is 2.42. The van der Waals surface area contributed by atoms with E-state index in [1.54, 1.807) is 0 Å². The second-order valence-electron chi connectivity index (χ2n) is 14.1. The van der Waals surface area contributed by atoms with Gasteiger partial charge in [-0.3, -0.25) is 0 Å². The first-order valence-electron chi connectivity index (χ1n) is 18.8. The Bertz CT molecular complexity index is 3030. The molecule has 0 saturated carbocycles. The van der Waals surface area contributed by atoms with Gasteiger partial charge in [-0.1, -0.05) is 163 Å². The summed E-state index contributed by atoms with van der Waals surface area (Å²) in [5.74, 6) is 1.81. The molecular weight excluding hydrogens is 683 g/mol. The number of hydrogen-bond donors (Lipinski definition) is 0. The van der Waals surface area contributed by atoms with Crippen molar-refractivity contribution in [3.05, 3.63) is 200 Å². The van der Waals surface area contributed by atoms with Crippen molar-refractivity contribution in [2.24, 2.45) is 0 Å². The molecule has 264 valence electrons. The topological polar surface area (TPSA) is 51.8 Å². The Kier molecular flexibility index (Phi) is 8.34. The third-order valence-electron chi connectivity index (χ3n) is 10.4. The molecule has 4 heteroatoms. The van der Waals surface area contributed by atoms with Gasteiger partial charge >= 0.3 is 0 Å². The van der Waals surface area contributed by atoms with Crippen molar-refractivity contribution in [2.45, 2.75) is 6.92 Å². The van der Waals surface area contributed by atoms with Gasteiger partial charge in [0.25, 0.3) is 0 Å². The van der Waals surface area contributed by atoms with Crippen LogP contribution in [0.15, 0.2) is 199 Å². The van der Waals surface area contributed by atoms with Gasteiger partial charge in [0.05, 0.1) is 0 Å². The Labute approximate surface area is 325 Å². The van der Waals surface area contributed by atoms with Crippen molar-refractivity contribution in [3.8, 4) is 78.7 Å². The number of furan rings is 1. The first kappa shape index (κ1) is 33.2. The van der Waals surface area contributed by atoms with E-state index in [2.05, 4.69) is 165 Å². The van der Waals surface area contributed by atoms with Crippen molar-refractivity contribution < 1.29 is 4.42 Å². The van der Waals surface area contributed by atoms with Crippen molar-refractivity contribution >= 4 is 21.9 Å². The van der Waals surface area contributed by atoms with Crippen LogP contribution in [0.1, 0.15) is 5.56 Å². The van der Waals surface area contributed by atoms with Gasteiger partial charge in [0.1, 0.15) is 11.2 Å². The van der Waals surface area contributed by atoms with E-state index in [-0.39, 0.29) is 0 Å². The highest BCUT2D eigenvalue weighted by molar-refractivity contribution is 6.14. The Morgan fingerprint density at radius 3 is 1.45 bits per heavy atom. The number of fused-ring (bicyclic) bond motifs is 3. The van der Waals surface area contributed by atoms with Gasteiger partial charge in [-0.05, 0) is 87.8 Å². The van der Waals surface area contributed by atoms with Gasteiger partial charge in [0.2, 0.25) is 0 Å². The molecule has 0 N–H and O–H groups in total. The average Bonchev–Trinajstić information content (AvgIpc) is 3.65. The van der Waals surface area contributed by atoms with Crippen LogP contribution in [0.4, 0.5) is 0 Å². The predicted octanol–water partition coefficient (Wildman–Crippen LogP) is 13.7. The number of benzene rings is 8. The average molecular weight is 718 g/mol. The van der Waals surface area contributed by atoms with Crippen molar-refractivity contribution in [1.29, 1.82) is 0 Å². The molecule has 8 aromatic carbocycles. The van der Waals surface area contributed by atoms with E-state index in [1.165, 1.54) is 16.7 Å². The van der Waals surface area contributed by atoms with Gasteiger partial charge in [-0.15, -0.1) is 0 Å². The van der Waals surface area contributed by atoms with Crippen LogP contribution in [0.2, 0.25) is 0 Å². The largest absolute Gasteiger partial charge is 0.456 e. The van der Waals surface area contributed by atoms with Crippen LogP contribution in [-0.4, -0.2) is 15.0 Å². The van der Waals surface area contributed by atoms with Crippen LogP contribution in [0, 0.1) is 6.92 Å². The van der Waals surface area contributed by atoms with Gasteiger partial charge in [-0.2, -0.15) is 0 Å². The smallest absolute Gasteiger partial charge is 0.164 e. The summed E-state index contributed by atoms with van der Waals surface area (Å²) in [6, 6.07) is 67.6. The van der Waals surface area contributed by atoms with Crippen molar-refractivity contribution in [2.75, 3.05) is 0 Å². The second kappa shape index (κ2) is 14.1. The molecule has 0 atom stereocenters. The molecule has 0 saturated heterocycles. The molecule has 0 aliphatic heterocycles. The van der Waals surface area contributed by atoms with Gasteiger partial charge < -0.3 is 4.42 Å². The lowest BCUT2D eigenvalue weighted by Crippen LogP contribution is -2.00. The van der Waals surface area contributed by atoms with E-state index < -0.39 is 0 Å². The van der Waals surface area contributed by atoms with E-state index in [1.807, 2.05) is 36.4 Å². The van der Waals surface area contributed by atoms with E-state index in [0.717, 1.165) is 72.0 Å². The Morgan fingerprint density at radius 1 is 0.321 bits per heavy atom.